The fraction of sp³-hybridized carbons (Fsp3) is 0.250. The molecule has 2 unspecified atom stereocenters. The Kier molecular flexibility index (Phi) is 6.67. The van der Waals surface area contributed by atoms with E-state index < -0.39 is 5.41 Å². The Morgan fingerprint density at radius 1 is 1.21 bits per heavy atom. The van der Waals surface area contributed by atoms with Crippen molar-refractivity contribution in [1.29, 1.82) is 0 Å². The molecule has 2 atom stereocenters. The van der Waals surface area contributed by atoms with Gasteiger partial charge in [0.1, 0.15) is 5.69 Å². The number of allylic oxidation sites excluding steroid dienone is 2. The van der Waals surface area contributed by atoms with Crippen LogP contribution in [-0.4, -0.2) is 19.0 Å². The average Bonchev–Trinajstić information content (AvgIpc) is 3.23. The highest BCUT2D eigenvalue weighted by Gasteiger charge is 2.36. The summed E-state index contributed by atoms with van der Waals surface area (Å²) in [7, 11) is 4.07. The van der Waals surface area contributed by atoms with Crippen molar-refractivity contribution in [2.45, 2.75) is 32.1 Å². The lowest BCUT2D eigenvalue weighted by Crippen LogP contribution is -2.74. The van der Waals surface area contributed by atoms with Crippen LogP contribution in [0.1, 0.15) is 31.4 Å². The van der Waals surface area contributed by atoms with Crippen LogP contribution in [0.25, 0.3) is 12.2 Å². The molecule has 0 amide bonds. The van der Waals surface area contributed by atoms with Crippen molar-refractivity contribution in [3.05, 3.63) is 116 Å². The van der Waals surface area contributed by atoms with Gasteiger partial charge in [0.25, 0.3) is 5.69 Å². The molecule has 0 saturated heterocycles. The van der Waals surface area contributed by atoms with Gasteiger partial charge in [-0.1, -0.05) is 56.8 Å². The first kappa shape index (κ1) is 25.5. The lowest BCUT2D eigenvalue weighted by atomic mass is 9.70. The van der Waals surface area contributed by atoms with Gasteiger partial charge < -0.3 is 15.0 Å². The molecule has 0 spiro atoms. The van der Waals surface area contributed by atoms with Crippen molar-refractivity contribution >= 4 is 29.2 Å². The number of para-hydroxylation sites is 2. The van der Waals surface area contributed by atoms with Gasteiger partial charge in [0.05, 0.1) is 17.7 Å². The molecule has 0 aromatic heterocycles. The fourth-order valence-corrected chi connectivity index (χ4v) is 5.61. The van der Waals surface area contributed by atoms with Gasteiger partial charge >= 0.3 is 0 Å². The first-order valence-electron chi connectivity index (χ1n) is 13.0. The van der Waals surface area contributed by atoms with Crippen LogP contribution >= 0.6 is 0 Å². The average molecular weight is 509 g/mol. The maximum Gasteiger partial charge on any atom is 0.269 e. The molecule has 1 aliphatic carbocycles. The third-order valence-electron chi connectivity index (χ3n) is 7.82. The number of anilines is 1. The second-order valence-corrected chi connectivity index (χ2v) is 10.5. The smallest absolute Gasteiger partial charge is 0.269 e. The Morgan fingerprint density at radius 2 is 1.95 bits per heavy atom. The summed E-state index contributed by atoms with van der Waals surface area (Å²) >= 11 is 0. The van der Waals surface area contributed by atoms with E-state index in [9.17, 15) is 10.1 Å². The van der Waals surface area contributed by atoms with Gasteiger partial charge in [0, 0.05) is 36.2 Å². The van der Waals surface area contributed by atoms with Gasteiger partial charge in [-0.2, -0.15) is 0 Å². The number of hydrogen-bond donors (Lipinski definition) is 1. The summed E-state index contributed by atoms with van der Waals surface area (Å²) in [6.07, 6.45) is 8.35. The van der Waals surface area contributed by atoms with Crippen LogP contribution in [0.5, 0.6) is 5.75 Å². The number of nitrogens with zero attached hydrogens (tertiary/aromatic N) is 2. The summed E-state index contributed by atoms with van der Waals surface area (Å²) in [4.78, 5) is 13.0. The van der Waals surface area contributed by atoms with E-state index in [4.69, 9.17) is 4.74 Å². The molecule has 38 heavy (non-hydrogen) atoms. The Bertz CT molecular complexity index is 1570. The topological polar surface area (TPSA) is 72.2 Å². The molecule has 0 fully saturated rings. The summed E-state index contributed by atoms with van der Waals surface area (Å²) in [5.41, 5.74) is 4.89. The van der Waals surface area contributed by atoms with Crippen LogP contribution in [0.3, 0.4) is 0 Å². The molecular weight excluding hydrogens is 474 g/mol. The molecule has 2 N–H and O–H groups in total. The second-order valence-electron chi connectivity index (χ2n) is 10.5. The van der Waals surface area contributed by atoms with Gasteiger partial charge in [-0.05, 0) is 64.6 Å². The van der Waals surface area contributed by atoms with Gasteiger partial charge in [0.15, 0.2) is 5.75 Å². The first-order valence-corrected chi connectivity index (χ1v) is 13.0. The van der Waals surface area contributed by atoms with Crippen LogP contribution in [0.4, 0.5) is 17.1 Å². The SMILES string of the molecule is C=C(C=C1Oc2ccccc2N1C)C(C)(Cc1ccc([N+](=O)[O-])cc1)c1c([NH2+]C)ccc2c1=CCC(C)C=2. The molecule has 0 radical (unpaired) electrons. The highest BCUT2D eigenvalue weighted by atomic mass is 16.6. The molecule has 6 nitrogen and oxygen atoms in total. The van der Waals surface area contributed by atoms with Crippen molar-refractivity contribution in [3.63, 3.8) is 0 Å². The van der Waals surface area contributed by atoms with Crippen molar-refractivity contribution < 1.29 is 15.0 Å². The van der Waals surface area contributed by atoms with Gasteiger partial charge in [-0.15, -0.1) is 0 Å². The highest BCUT2D eigenvalue weighted by Crippen LogP contribution is 2.41. The molecule has 194 valence electrons. The minimum atomic E-state index is -0.514. The van der Waals surface area contributed by atoms with Crippen LogP contribution in [0, 0.1) is 16.0 Å². The van der Waals surface area contributed by atoms with Gasteiger partial charge in [-0.25, -0.2) is 0 Å². The standard InChI is InChI=1S/C32H33N3O3/c1-21-10-16-26-24(18-21)13-17-27(33-4)31(26)32(3,20-23-11-14-25(15-12-23)35(36)37)22(2)19-30-34(5)28-8-6-7-9-29(28)38-30/h6-9,11-19,21,33H,2,10,20H2,1,3-5H3/p+1. The molecule has 0 saturated carbocycles. The van der Waals surface area contributed by atoms with E-state index in [0.717, 1.165) is 40.6 Å². The van der Waals surface area contributed by atoms with Gasteiger partial charge in [-0.3, -0.25) is 10.1 Å². The maximum absolute atomic E-state index is 11.3. The molecule has 5 rings (SSSR count). The van der Waals surface area contributed by atoms with E-state index in [1.54, 1.807) is 12.1 Å². The molecule has 3 aromatic rings. The van der Waals surface area contributed by atoms with Crippen molar-refractivity contribution in [3.8, 4) is 5.75 Å². The second kappa shape index (κ2) is 9.95. The number of rotatable bonds is 7. The monoisotopic (exact) mass is 508 g/mol. The molecule has 2 aliphatic rings. The predicted molar refractivity (Wildman–Crippen MR) is 153 cm³/mol. The Labute approximate surface area is 223 Å². The van der Waals surface area contributed by atoms with E-state index in [2.05, 4.69) is 57.1 Å². The number of nitro groups is 1. The van der Waals surface area contributed by atoms with Crippen LogP contribution in [0.15, 0.2) is 84.8 Å². The van der Waals surface area contributed by atoms with E-state index >= 15 is 0 Å². The van der Waals surface area contributed by atoms with E-state index in [1.165, 1.54) is 16.0 Å². The van der Waals surface area contributed by atoms with Gasteiger partial charge in [0.2, 0.25) is 5.88 Å². The number of non-ortho nitro benzene ring substituents is 1. The van der Waals surface area contributed by atoms with Crippen molar-refractivity contribution in [1.82, 2.24) is 0 Å². The lowest BCUT2D eigenvalue weighted by molar-refractivity contribution is -0.540. The summed E-state index contributed by atoms with van der Waals surface area (Å²) in [5, 5.41) is 15.9. The van der Waals surface area contributed by atoms with Crippen LogP contribution < -0.4 is 25.4 Å². The number of nitro benzene ring substituents is 1. The normalized spacial score (nSPS) is 18.5. The fourth-order valence-electron chi connectivity index (χ4n) is 5.61. The predicted octanol–water partition coefficient (Wildman–Crippen LogP) is 4.45. The number of quaternary nitrogens is 1. The zero-order chi connectivity index (χ0) is 27.0. The maximum atomic E-state index is 11.3. The molecule has 6 heteroatoms. The molecular formula is C32H34N3O3+. The number of nitrogens with two attached hydrogens (primary N) is 1. The Hall–Kier alpha value is -4.16. The Balaban J connectivity index is 1.66. The molecule has 0 bridgehead atoms. The molecule has 1 aliphatic heterocycles. The lowest BCUT2D eigenvalue weighted by Gasteiger charge is -2.33. The number of hydrogen-bond acceptors (Lipinski definition) is 4. The third-order valence-corrected chi connectivity index (χ3v) is 7.82. The number of benzene rings is 3. The zero-order valence-electron chi connectivity index (χ0n) is 22.4. The van der Waals surface area contributed by atoms with Crippen molar-refractivity contribution in [2.75, 3.05) is 19.0 Å². The van der Waals surface area contributed by atoms with Crippen LogP contribution in [-0.2, 0) is 11.8 Å². The van der Waals surface area contributed by atoms with Crippen molar-refractivity contribution in [2.24, 2.45) is 5.92 Å². The van der Waals surface area contributed by atoms with E-state index in [0.29, 0.717) is 12.3 Å². The number of fused-ring (bicyclic) bond motifs is 2. The van der Waals surface area contributed by atoms with E-state index in [1.807, 2.05) is 54.4 Å². The minimum absolute atomic E-state index is 0.0896. The summed E-state index contributed by atoms with van der Waals surface area (Å²) < 4.78 is 6.23. The third kappa shape index (κ3) is 4.52. The summed E-state index contributed by atoms with van der Waals surface area (Å²) in [5.74, 6) is 2.03. The Morgan fingerprint density at radius 3 is 2.63 bits per heavy atom. The quantitative estimate of drug-likeness (QED) is 0.291. The largest absolute Gasteiger partial charge is 0.439 e. The highest BCUT2D eigenvalue weighted by molar-refractivity contribution is 5.67. The summed E-state index contributed by atoms with van der Waals surface area (Å²) in [6.45, 7) is 9.08. The van der Waals surface area contributed by atoms with E-state index in [-0.39, 0.29) is 10.6 Å². The number of ether oxygens (including phenoxy) is 1. The molecule has 3 aromatic carbocycles. The zero-order valence-corrected chi connectivity index (χ0v) is 22.4. The minimum Gasteiger partial charge on any atom is -0.439 e. The molecule has 1 heterocycles. The summed E-state index contributed by atoms with van der Waals surface area (Å²) in [6, 6.07) is 19.2. The van der Waals surface area contributed by atoms with Crippen LogP contribution in [0.2, 0.25) is 0 Å². The first-order chi connectivity index (χ1) is 18.2.